The van der Waals surface area contributed by atoms with Crippen molar-refractivity contribution in [3.63, 3.8) is 0 Å². The van der Waals surface area contributed by atoms with Gasteiger partial charge in [-0.1, -0.05) is 42.5 Å². The molecule has 0 bridgehead atoms. The lowest BCUT2D eigenvalue weighted by Crippen LogP contribution is -2.39. The maximum atomic E-state index is 5.73. The van der Waals surface area contributed by atoms with Crippen LogP contribution in [0.15, 0.2) is 73.6 Å². The van der Waals surface area contributed by atoms with E-state index in [1.165, 1.54) is 11.1 Å². The molecule has 4 aromatic rings. The highest BCUT2D eigenvalue weighted by Gasteiger charge is 2.29. The molecule has 0 amide bonds. The molecule has 0 saturated carbocycles. The summed E-state index contributed by atoms with van der Waals surface area (Å²) < 4.78 is 7.70. The number of nitrogens with zero attached hydrogens (tertiary/aromatic N) is 5. The van der Waals surface area contributed by atoms with Crippen molar-refractivity contribution in [1.29, 1.82) is 0 Å². The number of imidazole rings is 1. The molecule has 3 heterocycles. The lowest BCUT2D eigenvalue weighted by atomic mass is 9.98. The minimum Gasteiger partial charge on any atom is -0.495 e. The number of aryl methyl sites for hydroxylation is 2. The van der Waals surface area contributed by atoms with Crippen LogP contribution < -0.4 is 15.0 Å². The molecule has 1 atom stereocenters. The van der Waals surface area contributed by atoms with Gasteiger partial charge in [0, 0.05) is 23.9 Å². The molecule has 7 nitrogen and oxygen atoms in total. The third-order valence-electron chi connectivity index (χ3n) is 6.35. The lowest BCUT2D eigenvalue weighted by Gasteiger charge is -2.37. The van der Waals surface area contributed by atoms with Crippen LogP contribution in [0.5, 0.6) is 5.75 Å². The van der Waals surface area contributed by atoms with Crippen LogP contribution in [0, 0.1) is 13.8 Å². The van der Waals surface area contributed by atoms with Gasteiger partial charge in [-0.2, -0.15) is 5.10 Å². The fraction of sp³-hybridized carbons (Fsp3) is 0.222. The number of methoxy groups -OCH3 is 1. The van der Waals surface area contributed by atoms with Gasteiger partial charge in [0.25, 0.3) is 0 Å². The Morgan fingerprint density at radius 3 is 2.62 bits per heavy atom. The molecular weight excluding hydrogens is 424 g/mol. The summed E-state index contributed by atoms with van der Waals surface area (Å²) in [5, 5.41) is 12.4. The Morgan fingerprint density at radius 1 is 1.12 bits per heavy atom. The number of hydrogen-bond donors (Lipinski definition) is 1. The van der Waals surface area contributed by atoms with Gasteiger partial charge in [0.15, 0.2) is 5.82 Å². The highest BCUT2D eigenvalue weighted by atomic mass is 16.5. The molecule has 1 aliphatic heterocycles. The van der Waals surface area contributed by atoms with Gasteiger partial charge in [-0.15, -0.1) is 5.10 Å². The Bertz CT molecular complexity index is 1360. The zero-order valence-electron chi connectivity index (χ0n) is 19.9. The van der Waals surface area contributed by atoms with E-state index in [1.807, 2.05) is 36.0 Å². The van der Waals surface area contributed by atoms with Gasteiger partial charge < -0.3 is 19.5 Å². The van der Waals surface area contributed by atoms with Gasteiger partial charge in [-0.3, -0.25) is 0 Å². The zero-order chi connectivity index (χ0) is 23.8. The largest absolute Gasteiger partial charge is 0.495 e. The molecule has 34 heavy (non-hydrogen) atoms. The number of rotatable bonds is 5. The van der Waals surface area contributed by atoms with Crippen LogP contribution >= 0.6 is 0 Å². The molecule has 1 aliphatic rings. The first kappa shape index (κ1) is 21.7. The predicted octanol–water partition coefficient (Wildman–Crippen LogP) is 5.10. The van der Waals surface area contributed by atoms with Crippen molar-refractivity contribution in [3.05, 3.63) is 96.0 Å². The van der Waals surface area contributed by atoms with Crippen LogP contribution in [0.1, 0.15) is 35.3 Å². The maximum absolute atomic E-state index is 5.73. The van der Waals surface area contributed by atoms with E-state index in [2.05, 4.69) is 76.2 Å². The smallest absolute Gasteiger partial charge is 0.162 e. The summed E-state index contributed by atoms with van der Waals surface area (Å²) in [5.74, 6) is 2.40. The molecule has 7 heteroatoms. The SMILES string of the molecule is C=C1NCc2c(-c3ccc(-n4cnc(C)c4)c(OC)c3)cnnc2N1C(C)c1ccc(C)cc1. The molecule has 0 saturated heterocycles. The fourth-order valence-corrected chi connectivity index (χ4v) is 4.44. The summed E-state index contributed by atoms with van der Waals surface area (Å²) in [6.07, 6.45) is 5.59. The average molecular weight is 453 g/mol. The highest BCUT2D eigenvalue weighted by molar-refractivity contribution is 5.76. The summed E-state index contributed by atoms with van der Waals surface area (Å²) in [6.45, 7) is 11.1. The summed E-state index contributed by atoms with van der Waals surface area (Å²) in [7, 11) is 1.68. The molecule has 1 unspecified atom stereocenters. The van der Waals surface area contributed by atoms with E-state index in [0.717, 1.165) is 45.5 Å². The third kappa shape index (κ3) is 3.79. The first-order valence-electron chi connectivity index (χ1n) is 11.3. The molecule has 0 aliphatic carbocycles. The quantitative estimate of drug-likeness (QED) is 0.455. The van der Waals surface area contributed by atoms with Crippen LogP contribution in [-0.4, -0.2) is 26.9 Å². The van der Waals surface area contributed by atoms with Crippen LogP contribution in [-0.2, 0) is 6.54 Å². The normalized spacial score (nSPS) is 13.9. The molecule has 172 valence electrons. The molecule has 2 aromatic carbocycles. The number of fused-ring (bicyclic) bond motifs is 1. The summed E-state index contributed by atoms with van der Waals surface area (Å²) in [4.78, 5) is 6.46. The van der Waals surface area contributed by atoms with Crippen LogP contribution in [0.25, 0.3) is 16.8 Å². The van der Waals surface area contributed by atoms with E-state index in [4.69, 9.17) is 4.74 Å². The molecule has 1 N–H and O–H groups in total. The van der Waals surface area contributed by atoms with Gasteiger partial charge in [-0.05, 0) is 44.0 Å². The molecule has 5 rings (SSSR count). The van der Waals surface area contributed by atoms with Crippen molar-refractivity contribution in [2.45, 2.75) is 33.4 Å². The number of nitrogens with one attached hydrogen (secondary N) is 1. The second-order valence-electron chi connectivity index (χ2n) is 8.63. The number of hydrogen-bond acceptors (Lipinski definition) is 6. The van der Waals surface area contributed by atoms with E-state index in [1.54, 1.807) is 13.4 Å². The Kier molecular flexibility index (Phi) is 5.53. The first-order valence-corrected chi connectivity index (χ1v) is 11.3. The number of aromatic nitrogens is 4. The first-order chi connectivity index (χ1) is 16.5. The topological polar surface area (TPSA) is 68.1 Å². The minimum atomic E-state index is 0.0468. The van der Waals surface area contributed by atoms with Gasteiger partial charge in [0.05, 0.1) is 37.1 Å². The van der Waals surface area contributed by atoms with Gasteiger partial charge in [0.2, 0.25) is 0 Å². The van der Waals surface area contributed by atoms with Crippen molar-refractivity contribution in [2.24, 2.45) is 0 Å². The van der Waals surface area contributed by atoms with Crippen LogP contribution in [0.2, 0.25) is 0 Å². The van der Waals surface area contributed by atoms with E-state index >= 15 is 0 Å². The summed E-state index contributed by atoms with van der Waals surface area (Å²) >= 11 is 0. The second kappa shape index (κ2) is 8.67. The Morgan fingerprint density at radius 2 is 1.91 bits per heavy atom. The number of anilines is 1. The second-order valence-corrected chi connectivity index (χ2v) is 8.63. The fourth-order valence-electron chi connectivity index (χ4n) is 4.44. The van der Waals surface area contributed by atoms with Crippen LogP contribution in [0.3, 0.4) is 0 Å². The molecule has 0 fully saturated rings. The third-order valence-corrected chi connectivity index (χ3v) is 6.35. The van der Waals surface area contributed by atoms with Crippen molar-refractivity contribution in [3.8, 4) is 22.6 Å². The lowest BCUT2D eigenvalue weighted by molar-refractivity contribution is 0.413. The van der Waals surface area contributed by atoms with E-state index in [-0.39, 0.29) is 6.04 Å². The average Bonchev–Trinajstić information content (AvgIpc) is 3.29. The zero-order valence-corrected chi connectivity index (χ0v) is 19.9. The van der Waals surface area contributed by atoms with Crippen molar-refractivity contribution in [2.75, 3.05) is 12.0 Å². The highest BCUT2D eigenvalue weighted by Crippen LogP contribution is 2.39. The van der Waals surface area contributed by atoms with E-state index in [9.17, 15) is 0 Å². The van der Waals surface area contributed by atoms with E-state index in [0.29, 0.717) is 6.54 Å². The maximum Gasteiger partial charge on any atom is 0.162 e. The van der Waals surface area contributed by atoms with Gasteiger partial charge in [-0.25, -0.2) is 4.98 Å². The predicted molar refractivity (Wildman–Crippen MR) is 134 cm³/mol. The van der Waals surface area contributed by atoms with Crippen molar-refractivity contribution < 1.29 is 4.74 Å². The van der Waals surface area contributed by atoms with Crippen molar-refractivity contribution >= 4 is 5.82 Å². The molecule has 0 radical (unpaired) electrons. The Hall–Kier alpha value is -4.13. The summed E-state index contributed by atoms with van der Waals surface area (Å²) in [5.41, 5.74) is 7.41. The minimum absolute atomic E-state index is 0.0468. The van der Waals surface area contributed by atoms with Crippen molar-refractivity contribution in [1.82, 2.24) is 25.1 Å². The standard InChI is InChI=1S/C27H28N6O/c1-17-6-8-21(9-7-17)19(3)33-20(4)28-13-24-23(14-30-31-27(24)33)22-10-11-25(26(12-22)34-5)32-15-18(2)29-16-32/h6-12,14-16,19,28H,4,13H2,1-3,5H3. The Balaban J connectivity index is 1.57. The molecule has 0 spiro atoms. The Labute approximate surface area is 199 Å². The molecular formula is C27H28N6O. The monoisotopic (exact) mass is 452 g/mol. The summed E-state index contributed by atoms with van der Waals surface area (Å²) in [6, 6.07) is 14.8. The van der Waals surface area contributed by atoms with Gasteiger partial charge in [0.1, 0.15) is 11.6 Å². The van der Waals surface area contributed by atoms with E-state index < -0.39 is 0 Å². The van der Waals surface area contributed by atoms with Gasteiger partial charge >= 0.3 is 0 Å². The number of benzene rings is 2. The van der Waals surface area contributed by atoms with Crippen LogP contribution in [0.4, 0.5) is 5.82 Å². The molecule has 2 aromatic heterocycles. The number of ether oxygens (including phenoxy) is 1.